The number of hydrogen-bond donors (Lipinski definition) is 1. The van der Waals surface area contributed by atoms with E-state index in [1.54, 1.807) is 53.4 Å². The number of carbonyl (C=O) groups is 2. The molecule has 3 aromatic heterocycles. The van der Waals surface area contributed by atoms with Crippen LogP contribution in [0.1, 0.15) is 23.0 Å². The van der Waals surface area contributed by atoms with Gasteiger partial charge < -0.3 is 19.3 Å². The molecule has 1 amide bonds. The van der Waals surface area contributed by atoms with E-state index in [0.29, 0.717) is 45.0 Å². The zero-order valence-electron chi connectivity index (χ0n) is 19.9. The second kappa shape index (κ2) is 9.00. The average molecular weight is 507 g/mol. The first kappa shape index (κ1) is 23.4. The van der Waals surface area contributed by atoms with E-state index in [0.717, 1.165) is 0 Å². The number of ketones is 1. The molecule has 0 saturated carbocycles. The minimum absolute atomic E-state index is 0.0989. The summed E-state index contributed by atoms with van der Waals surface area (Å²) in [6.45, 7) is 1.73. The Morgan fingerprint density at radius 3 is 2.42 bits per heavy atom. The molecular formula is C25H22N4O6S. The number of hydrogen-bond acceptors (Lipinski definition) is 9. The molecule has 1 aliphatic heterocycles. The Labute approximate surface area is 210 Å². The molecule has 10 nitrogen and oxygen atoms in total. The summed E-state index contributed by atoms with van der Waals surface area (Å²) in [5, 5.41) is 13.6. The van der Waals surface area contributed by atoms with Crippen molar-refractivity contribution in [3.8, 4) is 17.2 Å². The van der Waals surface area contributed by atoms with E-state index in [1.807, 2.05) is 6.07 Å². The van der Waals surface area contributed by atoms with Crippen molar-refractivity contribution in [2.45, 2.75) is 13.0 Å². The summed E-state index contributed by atoms with van der Waals surface area (Å²) in [6.07, 6.45) is 3.27. The number of benzene rings is 1. The molecule has 0 bridgehead atoms. The summed E-state index contributed by atoms with van der Waals surface area (Å²) in [7, 11) is 4.43. The summed E-state index contributed by atoms with van der Waals surface area (Å²) in [5.74, 6) is -0.969. The number of nitrogens with zero attached hydrogens (tertiary/aromatic N) is 4. The largest absolute Gasteiger partial charge is 0.505 e. The van der Waals surface area contributed by atoms with Gasteiger partial charge in [-0.25, -0.2) is 9.97 Å². The second-order valence-corrected chi connectivity index (χ2v) is 8.79. The van der Waals surface area contributed by atoms with E-state index in [-0.39, 0.29) is 11.3 Å². The maximum absolute atomic E-state index is 13.5. The molecule has 11 heteroatoms. The smallest absolute Gasteiger partial charge is 0.301 e. The number of anilines is 1. The first-order valence-corrected chi connectivity index (χ1v) is 11.7. The van der Waals surface area contributed by atoms with Crippen molar-refractivity contribution in [2.24, 2.45) is 0 Å². The molecule has 1 fully saturated rings. The number of aromatic nitrogens is 3. The molecule has 1 atom stereocenters. The molecule has 1 N–H and O–H groups in total. The number of aliphatic hydroxyl groups excluding tert-OH is 1. The molecule has 0 spiro atoms. The number of pyridine rings is 1. The zero-order chi connectivity index (χ0) is 25.6. The Bertz CT molecular complexity index is 1500. The Balaban J connectivity index is 1.82. The van der Waals surface area contributed by atoms with Crippen LogP contribution in [0.5, 0.6) is 17.2 Å². The van der Waals surface area contributed by atoms with Gasteiger partial charge in [-0.05, 0) is 36.8 Å². The van der Waals surface area contributed by atoms with Crippen molar-refractivity contribution in [3.63, 3.8) is 0 Å². The van der Waals surface area contributed by atoms with Gasteiger partial charge in [-0.1, -0.05) is 6.07 Å². The number of Topliss-reactive ketones (excluding diaryl/α,β-unsaturated/α-hetero) is 1. The molecule has 4 heterocycles. The Morgan fingerprint density at radius 2 is 1.81 bits per heavy atom. The summed E-state index contributed by atoms with van der Waals surface area (Å²) in [6, 6.07) is 7.67. The van der Waals surface area contributed by atoms with E-state index in [9.17, 15) is 14.7 Å². The number of thiazole rings is 1. The average Bonchev–Trinajstić information content (AvgIpc) is 3.59. The molecule has 1 aromatic carbocycles. The standard InChI is InChI=1S/C25H22N4O6S/c1-13-19(28-9-6-5-7-17(28)27-13)21(30)18-20(29(24(32)22(18)31)25-26-8-10-36-25)14-11-15(33-2)23(35-4)16(12-14)34-3/h5-12,20,30H,1-4H3. The normalized spacial score (nSPS) is 17.1. The monoisotopic (exact) mass is 506 g/mol. The number of aryl methyl sites for hydroxylation is 1. The van der Waals surface area contributed by atoms with Crippen molar-refractivity contribution in [3.05, 3.63) is 70.6 Å². The van der Waals surface area contributed by atoms with E-state index in [2.05, 4.69) is 9.97 Å². The maximum Gasteiger partial charge on any atom is 0.301 e. The Morgan fingerprint density at radius 1 is 1.08 bits per heavy atom. The summed E-state index contributed by atoms with van der Waals surface area (Å²) in [4.78, 5) is 36.8. The van der Waals surface area contributed by atoms with Gasteiger partial charge in [0.15, 0.2) is 22.4 Å². The fraction of sp³-hybridized carbons (Fsp3) is 0.200. The predicted molar refractivity (Wildman–Crippen MR) is 133 cm³/mol. The summed E-state index contributed by atoms with van der Waals surface area (Å²) >= 11 is 1.20. The number of imidazole rings is 1. The van der Waals surface area contributed by atoms with Crippen molar-refractivity contribution < 1.29 is 28.9 Å². The number of fused-ring (bicyclic) bond motifs is 1. The van der Waals surface area contributed by atoms with Crippen molar-refractivity contribution in [1.29, 1.82) is 0 Å². The Hall–Kier alpha value is -4.38. The van der Waals surface area contributed by atoms with Gasteiger partial charge in [-0.3, -0.25) is 18.9 Å². The Kier molecular flexibility index (Phi) is 5.84. The van der Waals surface area contributed by atoms with Gasteiger partial charge in [0, 0.05) is 17.8 Å². The lowest BCUT2D eigenvalue weighted by Crippen LogP contribution is -2.29. The van der Waals surface area contributed by atoms with Crippen LogP contribution in [-0.2, 0) is 9.59 Å². The number of ether oxygens (including phenoxy) is 3. The van der Waals surface area contributed by atoms with Crippen molar-refractivity contribution in [1.82, 2.24) is 14.4 Å². The number of rotatable bonds is 6. The highest BCUT2D eigenvalue weighted by atomic mass is 32.1. The SMILES string of the molecule is COc1cc(C2C(=C(O)c3c(C)nc4ccccn34)C(=O)C(=O)N2c2nccs2)cc(OC)c1OC. The quantitative estimate of drug-likeness (QED) is 0.239. The topological polar surface area (TPSA) is 115 Å². The fourth-order valence-electron chi connectivity index (χ4n) is 4.47. The van der Waals surface area contributed by atoms with E-state index in [1.165, 1.54) is 37.6 Å². The highest BCUT2D eigenvalue weighted by molar-refractivity contribution is 7.14. The molecule has 5 rings (SSSR count). The molecule has 0 aliphatic carbocycles. The summed E-state index contributed by atoms with van der Waals surface area (Å²) in [5.41, 5.74) is 1.78. The van der Waals surface area contributed by atoms with Crippen LogP contribution in [0.2, 0.25) is 0 Å². The van der Waals surface area contributed by atoms with Gasteiger partial charge in [0.05, 0.1) is 38.6 Å². The van der Waals surface area contributed by atoms with Gasteiger partial charge in [0.2, 0.25) is 5.75 Å². The van der Waals surface area contributed by atoms with E-state index < -0.39 is 17.7 Å². The van der Waals surface area contributed by atoms with Crippen molar-refractivity contribution >= 4 is 39.6 Å². The third kappa shape index (κ3) is 3.47. The van der Waals surface area contributed by atoms with Crippen LogP contribution in [0.4, 0.5) is 5.13 Å². The molecule has 4 aromatic rings. The van der Waals surface area contributed by atoms with E-state index in [4.69, 9.17) is 14.2 Å². The molecule has 1 aliphatic rings. The molecule has 1 unspecified atom stereocenters. The zero-order valence-corrected chi connectivity index (χ0v) is 20.7. The lowest BCUT2D eigenvalue weighted by atomic mass is 9.95. The van der Waals surface area contributed by atoms with Crippen LogP contribution in [0.25, 0.3) is 11.4 Å². The lowest BCUT2D eigenvalue weighted by molar-refractivity contribution is -0.132. The minimum atomic E-state index is -1.02. The van der Waals surface area contributed by atoms with Crippen LogP contribution in [0.3, 0.4) is 0 Å². The third-order valence-electron chi connectivity index (χ3n) is 6.00. The predicted octanol–water partition coefficient (Wildman–Crippen LogP) is 3.75. The van der Waals surface area contributed by atoms with Crippen LogP contribution in [-0.4, -0.2) is 52.5 Å². The highest BCUT2D eigenvalue weighted by Gasteiger charge is 2.49. The molecular weight excluding hydrogens is 484 g/mol. The van der Waals surface area contributed by atoms with Gasteiger partial charge in [0.1, 0.15) is 11.3 Å². The minimum Gasteiger partial charge on any atom is -0.505 e. The van der Waals surface area contributed by atoms with Gasteiger partial charge in [-0.2, -0.15) is 0 Å². The first-order valence-electron chi connectivity index (χ1n) is 10.9. The number of amides is 1. The second-order valence-electron chi connectivity index (χ2n) is 7.92. The number of methoxy groups -OCH3 is 3. The molecule has 184 valence electrons. The molecule has 36 heavy (non-hydrogen) atoms. The van der Waals surface area contributed by atoms with Crippen LogP contribution in [0.15, 0.2) is 53.7 Å². The number of aliphatic hydroxyl groups is 1. The third-order valence-corrected chi connectivity index (χ3v) is 6.77. The number of carbonyl (C=O) groups excluding carboxylic acids is 2. The highest BCUT2D eigenvalue weighted by Crippen LogP contribution is 2.47. The van der Waals surface area contributed by atoms with Crippen LogP contribution >= 0.6 is 11.3 Å². The first-order chi connectivity index (χ1) is 17.4. The lowest BCUT2D eigenvalue weighted by Gasteiger charge is -2.24. The van der Waals surface area contributed by atoms with Crippen molar-refractivity contribution in [2.75, 3.05) is 26.2 Å². The van der Waals surface area contributed by atoms with Crippen LogP contribution < -0.4 is 19.1 Å². The fourth-order valence-corrected chi connectivity index (χ4v) is 5.13. The van der Waals surface area contributed by atoms with Gasteiger partial charge in [0.25, 0.3) is 5.78 Å². The van der Waals surface area contributed by atoms with E-state index >= 15 is 0 Å². The van der Waals surface area contributed by atoms with Gasteiger partial charge >= 0.3 is 5.91 Å². The molecule has 1 saturated heterocycles. The molecule has 0 radical (unpaired) electrons. The maximum atomic E-state index is 13.5. The van der Waals surface area contributed by atoms with Gasteiger partial charge in [-0.15, -0.1) is 11.3 Å². The van der Waals surface area contributed by atoms with Crippen LogP contribution in [0, 0.1) is 6.92 Å². The summed E-state index contributed by atoms with van der Waals surface area (Å²) < 4.78 is 18.1.